The third-order valence-electron chi connectivity index (χ3n) is 3.81. The molecule has 1 aromatic heterocycles. The van der Waals surface area contributed by atoms with Crippen LogP contribution in [0, 0.1) is 5.92 Å². The molecule has 20 heavy (non-hydrogen) atoms. The Morgan fingerprint density at radius 2 is 2.10 bits per heavy atom. The molecule has 2 unspecified atom stereocenters. The van der Waals surface area contributed by atoms with Crippen molar-refractivity contribution in [3.63, 3.8) is 0 Å². The van der Waals surface area contributed by atoms with Gasteiger partial charge in [-0.15, -0.1) is 0 Å². The first-order valence-corrected chi connectivity index (χ1v) is 7.14. The molecule has 2 atom stereocenters. The molecule has 0 aromatic carbocycles. The van der Waals surface area contributed by atoms with Gasteiger partial charge in [0.25, 0.3) is 0 Å². The van der Waals surface area contributed by atoms with Gasteiger partial charge in [-0.1, -0.05) is 25.8 Å². The molecule has 0 radical (unpaired) electrons. The Bertz CT molecular complexity index is 461. The largest absolute Gasteiger partial charge is 0.345 e. The van der Waals surface area contributed by atoms with Crippen LogP contribution in [0.3, 0.4) is 0 Å². The van der Waals surface area contributed by atoms with Crippen molar-refractivity contribution >= 4 is 11.8 Å². The summed E-state index contributed by atoms with van der Waals surface area (Å²) in [4.78, 5) is 27.6. The van der Waals surface area contributed by atoms with Gasteiger partial charge < -0.3 is 10.6 Å². The highest BCUT2D eigenvalue weighted by atomic mass is 16.2. The van der Waals surface area contributed by atoms with Gasteiger partial charge in [0.15, 0.2) is 0 Å². The highest BCUT2D eigenvalue weighted by molar-refractivity contribution is 6.35. The maximum absolute atomic E-state index is 11.8. The lowest BCUT2D eigenvalue weighted by molar-refractivity contribution is -0.140. The minimum atomic E-state index is -0.577. The number of aromatic nitrogens is 1. The van der Waals surface area contributed by atoms with Gasteiger partial charge in [-0.3, -0.25) is 14.6 Å². The number of amides is 2. The Morgan fingerprint density at radius 1 is 1.30 bits per heavy atom. The Balaban J connectivity index is 1.78. The van der Waals surface area contributed by atoms with Crippen LogP contribution in [-0.2, 0) is 16.1 Å². The summed E-state index contributed by atoms with van der Waals surface area (Å²) in [6.45, 7) is 2.44. The van der Waals surface area contributed by atoms with Gasteiger partial charge in [0.2, 0.25) is 0 Å². The van der Waals surface area contributed by atoms with Crippen LogP contribution in [0.25, 0.3) is 0 Å². The summed E-state index contributed by atoms with van der Waals surface area (Å²) in [6, 6.07) is 3.78. The molecule has 1 heterocycles. The van der Waals surface area contributed by atoms with Crippen LogP contribution in [0.4, 0.5) is 0 Å². The van der Waals surface area contributed by atoms with E-state index in [1.54, 1.807) is 18.5 Å². The number of rotatable bonds is 3. The van der Waals surface area contributed by atoms with Crippen LogP contribution < -0.4 is 10.6 Å². The second-order valence-electron chi connectivity index (χ2n) is 5.39. The molecule has 0 spiro atoms. The quantitative estimate of drug-likeness (QED) is 0.819. The van der Waals surface area contributed by atoms with Crippen molar-refractivity contribution in [2.75, 3.05) is 0 Å². The molecule has 2 N–H and O–H groups in total. The third-order valence-corrected chi connectivity index (χ3v) is 3.81. The molecule has 1 fully saturated rings. The molecular formula is C15H21N3O2. The minimum Gasteiger partial charge on any atom is -0.345 e. The molecule has 1 saturated carbocycles. The lowest BCUT2D eigenvalue weighted by Gasteiger charge is -2.29. The van der Waals surface area contributed by atoms with E-state index in [0.29, 0.717) is 12.5 Å². The number of nitrogens with one attached hydrogen (secondary N) is 2. The fourth-order valence-corrected chi connectivity index (χ4v) is 2.53. The summed E-state index contributed by atoms with van der Waals surface area (Å²) in [6.07, 6.45) is 7.74. The van der Waals surface area contributed by atoms with Gasteiger partial charge in [-0.05, 0) is 30.4 Å². The molecule has 5 nitrogen and oxygen atoms in total. The molecule has 5 heteroatoms. The summed E-state index contributed by atoms with van der Waals surface area (Å²) >= 11 is 0. The predicted molar refractivity (Wildman–Crippen MR) is 75.6 cm³/mol. The molecule has 2 amide bonds. The SMILES string of the molecule is CC1CCCCC1NC(=O)C(=O)NCc1cccnc1. The van der Waals surface area contributed by atoms with Crippen molar-refractivity contribution in [1.82, 2.24) is 15.6 Å². The summed E-state index contributed by atoms with van der Waals surface area (Å²) in [5, 5.41) is 5.45. The first-order chi connectivity index (χ1) is 9.66. The zero-order valence-corrected chi connectivity index (χ0v) is 11.8. The zero-order chi connectivity index (χ0) is 14.4. The Kier molecular flexibility index (Phi) is 5.09. The van der Waals surface area contributed by atoms with Gasteiger partial charge in [0.1, 0.15) is 0 Å². The number of hydrogen-bond donors (Lipinski definition) is 2. The van der Waals surface area contributed by atoms with Gasteiger partial charge in [0.05, 0.1) is 0 Å². The highest BCUT2D eigenvalue weighted by Crippen LogP contribution is 2.23. The van der Waals surface area contributed by atoms with Crippen LogP contribution in [0.15, 0.2) is 24.5 Å². The van der Waals surface area contributed by atoms with Gasteiger partial charge in [-0.25, -0.2) is 0 Å². The lowest BCUT2D eigenvalue weighted by Crippen LogP contribution is -2.47. The molecule has 0 aliphatic heterocycles. The summed E-state index contributed by atoms with van der Waals surface area (Å²) in [7, 11) is 0. The number of carbonyl (C=O) groups is 2. The van der Waals surface area contributed by atoms with Crippen molar-refractivity contribution in [1.29, 1.82) is 0 Å². The van der Waals surface area contributed by atoms with Crippen LogP contribution in [0.1, 0.15) is 38.2 Å². The Hall–Kier alpha value is -1.91. The van der Waals surface area contributed by atoms with E-state index in [0.717, 1.165) is 24.8 Å². The fourth-order valence-electron chi connectivity index (χ4n) is 2.53. The molecule has 2 rings (SSSR count). The van der Waals surface area contributed by atoms with E-state index < -0.39 is 11.8 Å². The maximum atomic E-state index is 11.8. The normalized spacial score (nSPS) is 22.1. The van der Waals surface area contributed by atoms with E-state index in [1.807, 2.05) is 6.07 Å². The monoisotopic (exact) mass is 275 g/mol. The number of carbonyl (C=O) groups excluding carboxylic acids is 2. The second-order valence-corrected chi connectivity index (χ2v) is 5.39. The van der Waals surface area contributed by atoms with E-state index in [-0.39, 0.29) is 6.04 Å². The first kappa shape index (κ1) is 14.5. The molecule has 1 aliphatic carbocycles. The minimum absolute atomic E-state index is 0.125. The molecule has 0 bridgehead atoms. The van der Waals surface area contributed by atoms with E-state index in [2.05, 4.69) is 22.5 Å². The van der Waals surface area contributed by atoms with Crippen LogP contribution in [-0.4, -0.2) is 22.8 Å². The number of nitrogens with zero attached hydrogens (tertiary/aromatic N) is 1. The lowest BCUT2D eigenvalue weighted by atomic mass is 9.86. The topological polar surface area (TPSA) is 71.1 Å². The predicted octanol–water partition coefficient (Wildman–Crippen LogP) is 1.39. The zero-order valence-electron chi connectivity index (χ0n) is 11.8. The van der Waals surface area contributed by atoms with Crippen molar-refractivity contribution in [3.8, 4) is 0 Å². The van der Waals surface area contributed by atoms with Gasteiger partial charge in [-0.2, -0.15) is 0 Å². The van der Waals surface area contributed by atoms with Crippen LogP contribution >= 0.6 is 0 Å². The highest BCUT2D eigenvalue weighted by Gasteiger charge is 2.25. The first-order valence-electron chi connectivity index (χ1n) is 7.14. The average molecular weight is 275 g/mol. The standard InChI is InChI=1S/C15H21N3O2/c1-11-5-2-3-7-13(11)18-15(20)14(19)17-10-12-6-4-8-16-9-12/h4,6,8-9,11,13H,2-3,5,7,10H2,1H3,(H,17,19)(H,18,20). The van der Waals surface area contributed by atoms with Crippen molar-refractivity contribution in [2.45, 2.75) is 45.2 Å². The van der Waals surface area contributed by atoms with E-state index >= 15 is 0 Å². The Labute approximate surface area is 119 Å². The average Bonchev–Trinajstić information content (AvgIpc) is 2.48. The molecule has 0 saturated heterocycles. The second kappa shape index (κ2) is 7.03. The molecule has 1 aliphatic rings. The summed E-state index contributed by atoms with van der Waals surface area (Å²) < 4.78 is 0. The maximum Gasteiger partial charge on any atom is 0.309 e. The number of pyridine rings is 1. The summed E-state index contributed by atoms with van der Waals surface area (Å²) in [5.74, 6) is -0.668. The van der Waals surface area contributed by atoms with Gasteiger partial charge >= 0.3 is 11.8 Å². The van der Waals surface area contributed by atoms with E-state index in [1.165, 1.54) is 6.42 Å². The van der Waals surface area contributed by atoms with Crippen LogP contribution in [0.5, 0.6) is 0 Å². The summed E-state index contributed by atoms with van der Waals surface area (Å²) in [5.41, 5.74) is 0.875. The van der Waals surface area contributed by atoms with E-state index in [4.69, 9.17) is 0 Å². The van der Waals surface area contributed by atoms with Crippen molar-refractivity contribution in [2.24, 2.45) is 5.92 Å². The van der Waals surface area contributed by atoms with Crippen molar-refractivity contribution < 1.29 is 9.59 Å². The fraction of sp³-hybridized carbons (Fsp3) is 0.533. The van der Waals surface area contributed by atoms with Crippen LogP contribution in [0.2, 0.25) is 0 Å². The third kappa shape index (κ3) is 4.05. The van der Waals surface area contributed by atoms with E-state index in [9.17, 15) is 9.59 Å². The number of hydrogen-bond acceptors (Lipinski definition) is 3. The van der Waals surface area contributed by atoms with Gasteiger partial charge in [0, 0.05) is 25.0 Å². The molecular weight excluding hydrogens is 254 g/mol. The van der Waals surface area contributed by atoms with Crippen molar-refractivity contribution in [3.05, 3.63) is 30.1 Å². The smallest absolute Gasteiger partial charge is 0.309 e. The molecule has 1 aromatic rings. The Morgan fingerprint density at radius 3 is 2.80 bits per heavy atom. The molecule has 108 valence electrons.